The van der Waals surface area contributed by atoms with Crippen LogP contribution in [-0.2, 0) is 21.5 Å². The van der Waals surface area contributed by atoms with Gasteiger partial charge in [0.1, 0.15) is 12.1 Å². The number of aryl methyl sites for hydroxylation is 2. The number of anilines is 1. The molecule has 0 bridgehead atoms. The van der Waals surface area contributed by atoms with Crippen LogP contribution in [0.2, 0.25) is 0 Å². The lowest BCUT2D eigenvalue weighted by molar-refractivity contribution is -0.133. The number of amides is 4. The lowest BCUT2D eigenvalue weighted by Crippen LogP contribution is -2.42. The molecule has 0 aliphatic carbocycles. The molecular formula is C21H22BrN3O3. The van der Waals surface area contributed by atoms with Crippen molar-refractivity contribution in [2.24, 2.45) is 0 Å². The molecule has 0 saturated carbocycles. The third-order valence-corrected chi connectivity index (χ3v) is 5.48. The number of carbonyl (C=O) groups is 3. The van der Waals surface area contributed by atoms with E-state index in [4.69, 9.17) is 0 Å². The second-order valence-corrected chi connectivity index (χ2v) is 7.88. The average molecular weight is 444 g/mol. The van der Waals surface area contributed by atoms with Gasteiger partial charge in [0, 0.05) is 10.2 Å². The van der Waals surface area contributed by atoms with Crippen molar-refractivity contribution in [3.05, 3.63) is 63.6 Å². The van der Waals surface area contributed by atoms with E-state index < -0.39 is 23.4 Å². The van der Waals surface area contributed by atoms with E-state index in [9.17, 15) is 14.4 Å². The van der Waals surface area contributed by atoms with Crippen molar-refractivity contribution in [3.63, 3.8) is 0 Å². The number of hydrogen-bond donors (Lipinski definition) is 2. The molecule has 2 N–H and O–H groups in total. The van der Waals surface area contributed by atoms with Gasteiger partial charge in [-0.15, -0.1) is 0 Å². The van der Waals surface area contributed by atoms with Crippen LogP contribution in [0, 0.1) is 6.92 Å². The highest BCUT2D eigenvalue weighted by Crippen LogP contribution is 2.30. The first-order valence-corrected chi connectivity index (χ1v) is 9.84. The molecule has 146 valence electrons. The third-order valence-electron chi connectivity index (χ3n) is 4.98. The van der Waals surface area contributed by atoms with Crippen LogP contribution in [0.4, 0.5) is 10.5 Å². The predicted octanol–water partition coefficient (Wildman–Crippen LogP) is 3.73. The van der Waals surface area contributed by atoms with Crippen LogP contribution in [0.25, 0.3) is 0 Å². The molecule has 2 aromatic carbocycles. The minimum atomic E-state index is -1.21. The molecule has 1 atom stereocenters. The van der Waals surface area contributed by atoms with E-state index in [1.165, 1.54) is 0 Å². The number of benzene rings is 2. The summed E-state index contributed by atoms with van der Waals surface area (Å²) >= 11 is 3.38. The van der Waals surface area contributed by atoms with Crippen molar-refractivity contribution in [2.75, 3.05) is 11.9 Å². The first-order valence-electron chi connectivity index (χ1n) is 9.04. The third kappa shape index (κ3) is 3.67. The molecule has 3 rings (SSSR count). The molecule has 1 saturated heterocycles. The largest absolute Gasteiger partial charge is 0.325 e. The molecule has 6 nitrogen and oxygen atoms in total. The van der Waals surface area contributed by atoms with Gasteiger partial charge in [0.05, 0.1) is 0 Å². The highest BCUT2D eigenvalue weighted by Gasteiger charge is 2.49. The summed E-state index contributed by atoms with van der Waals surface area (Å²) in [6.45, 7) is 5.22. The summed E-state index contributed by atoms with van der Waals surface area (Å²) in [7, 11) is 0. The van der Waals surface area contributed by atoms with E-state index in [2.05, 4.69) is 26.6 Å². The van der Waals surface area contributed by atoms with Gasteiger partial charge in [-0.3, -0.25) is 14.5 Å². The number of para-hydroxylation sites is 1. The summed E-state index contributed by atoms with van der Waals surface area (Å²) in [5.74, 6) is -0.864. The zero-order valence-electron chi connectivity index (χ0n) is 16.0. The Morgan fingerprint density at radius 2 is 1.93 bits per heavy atom. The van der Waals surface area contributed by atoms with Crippen molar-refractivity contribution < 1.29 is 14.4 Å². The number of hydrogen-bond acceptors (Lipinski definition) is 3. The standard InChI is InChI=1S/C21H22BrN3O3/c1-4-14-8-5-7-13(2)18(14)23-17(26)12-25-19(27)21(3,24-20(25)28)15-9-6-10-16(22)11-15/h5-11H,4,12H2,1-3H3,(H,23,26)(H,24,28)/t21-/m0/s1. The van der Waals surface area contributed by atoms with Crippen molar-refractivity contribution in [2.45, 2.75) is 32.7 Å². The highest BCUT2D eigenvalue weighted by molar-refractivity contribution is 9.10. The van der Waals surface area contributed by atoms with Gasteiger partial charge >= 0.3 is 6.03 Å². The number of urea groups is 1. The van der Waals surface area contributed by atoms with Gasteiger partial charge < -0.3 is 10.6 Å². The molecular weight excluding hydrogens is 422 g/mol. The van der Waals surface area contributed by atoms with E-state index in [0.29, 0.717) is 5.56 Å². The van der Waals surface area contributed by atoms with Gasteiger partial charge in [-0.2, -0.15) is 0 Å². The first kappa shape index (κ1) is 20.1. The second-order valence-electron chi connectivity index (χ2n) is 6.97. The van der Waals surface area contributed by atoms with Crippen LogP contribution in [0.1, 0.15) is 30.5 Å². The maximum Gasteiger partial charge on any atom is 0.325 e. The van der Waals surface area contributed by atoms with E-state index in [1.807, 2.05) is 38.1 Å². The number of rotatable bonds is 5. The van der Waals surface area contributed by atoms with Gasteiger partial charge in [-0.25, -0.2) is 4.79 Å². The Hall–Kier alpha value is -2.67. The maximum absolute atomic E-state index is 13.0. The fourth-order valence-corrected chi connectivity index (χ4v) is 3.76. The smallest absolute Gasteiger partial charge is 0.324 e. The van der Waals surface area contributed by atoms with Crippen LogP contribution in [-0.4, -0.2) is 29.3 Å². The number of carbonyl (C=O) groups excluding carboxylic acids is 3. The van der Waals surface area contributed by atoms with Crippen molar-refractivity contribution >= 4 is 39.5 Å². The minimum Gasteiger partial charge on any atom is -0.324 e. The number of nitrogens with zero attached hydrogens (tertiary/aromatic N) is 1. The Bertz CT molecular complexity index is 960. The van der Waals surface area contributed by atoms with Crippen LogP contribution in [0.15, 0.2) is 46.9 Å². The molecule has 1 fully saturated rings. The fourth-order valence-electron chi connectivity index (χ4n) is 3.36. The lowest BCUT2D eigenvalue weighted by Gasteiger charge is -2.22. The Morgan fingerprint density at radius 1 is 1.21 bits per heavy atom. The lowest BCUT2D eigenvalue weighted by atomic mass is 9.92. The summed E-state index contributed by atoms with van der Waals surface area (Å²) in [6, 6.07) is 12.4. The Labute approximate surface area is 172 Å². The van der Waals surface area contributed by atoms with Gasteiger partial charge in [0.25, 0.3) is 5.91 Å². The monoisotopic (exact) mass is 443 g/mol. The number of nitrogens with one attached hydrogen (secondary N) is 2. The summed E-state index contributed by atoms with van der Waals surface area (Å²) in [5.41, 5.74) is 2.11. The van der Waals surface area contributed by atoms with Crippen LogP contribution >= 0.6 is 15.9 Å². The zero-order chi connectivity index (χ0) is 20.5. The molecule has 0 radical (unpaired) electrons. The maximum atomic E-state index is 13.0. The van der Waals surface area contributed by atoms with E-state index in [1.54, 1.807) is 25.1 Å². The zero-order valence-corrected chi connectivity index (χ0v) is 17.6. The summed E-state index contributed by atoms with van der Waals surface area (Å²) in [5, 5.41) is 5.57. The Morgan fingerprint density at radius 3 is 2.61 bits per heavy atom. The van der Waals surface area contributed by atoms with Crippen LogP contribution in [0.5, 0.6) is 0 Å². The van der Waals surface area contributed by atoms with Gasteiger partial charge in [0.15, 0.2) is 0 Å². The summed E-state index contributed by atoms with van der Waals surface area (Å²) in [6.07, 6.45) is 0.765. The SMILES string of the molecule is CCc1cccc(C)c1NC(=O)CN1C(=O)N[C@@](C)(c2cccc(Br)c2)C1=O. The molecule has 1 aliphatic rings. The molecule has 7 heteroatoms. The quantitative estimate of drug-likeness (QED) is 0.690. The Kier molecular flexibility index (Phi) is 5.56. The second kappa shape index (κ2) is 7.75. The normalized spacial score (nSPS) is 18.9. The fraction of sp³-hybridized carbons (Fsp3) is 0.286. The van der Waals surface area contributed by atoms with Crippen LogP contribution < -0.4 is 10.6 Å². The van der Waals surface area contributed by atoms with Gasteiger partial charge in [-0.1, -0.05) is 53.2 Å². The van der Waals surface area contributed by atoms with Crippen molar-refractivity contribution in [3.8, 4) is 0 Å². The summed E-state index contributed by atoms with van der Waals surface area (Å²) in [4.78, 5) is 39.0. The van der Waals surface area contributed by atoms with Crippen molar-refractivity contribution in [1.29, 1.82) is 0 Å². The average Bonchev–Trinajstić information content (AvgIpc) is 2.87. The highest BCUT2D eigenvalue weighted by atomic mass is 79.9. The summed E-state index contributed by atoms with van der Waals surface area (Å²) < 4.78 is 0.802. The molecule has 4 amide bonds. The molecule has 0 unspecified atom stereocenters. The predicted molar refractivity (Wildman–Crippen MR) is 111 cm³/mol. The van der Waals surface area contributed by atoms with E-state index in [0.717, 1.165) is 32.6 Å². The number of imide groups is 1. The van der Waals surface area contributed by atoms with Gasteiger partial charge in [0.2, 0.25) is 5.91 Å². The molecule has 1 aliphatic heterocycles. The topological polar surface area (TPSA) is 78.5 Å². The van der Waals surface area contributed by atoms with E-state index in [-0.39, 0.29) is 6.54 Å². The molecule has 0 aromatic heterocycles. The molecule has 2 aromatic rings. The van der Waals surface area contributed by atoms with Gasteiger partial charge in [-0.05, 0) is 49.1 Å². The van der Waals surface area contributed by atoms with Crippen molar-refractivity contribution in [1.82, 2.24) is 10.2 Å². The first-order chi connectivity index (χ1) is 13.3. The molecule has 1 heterocycles. The minimum absolute atomic E-state index is 0.342. The molecule has 0 spiro atoms. The van der Waals surface area contributed by atoms with E-state index >= 15 is 0 Å². The molecule has 28 heavy (non-hydrogen) atoms. The number of halogens is 1. The van der Waals surface area contributed by atoms with Crippen LogP contribution in [0.3, 0.4) is 0 Å². The Balaban J connectivity index is 1.79.